The van der Waals surface area contributed by atoms with Gasteiger partial charge >= 0.3 is 0 Å². The Morgan fingerprint density at radius 2 is 1.96 bits per heavy atom. The summed E-state index contributed by atoms with van der Waals surface area (Å²) in [5.41, 5.74) is 1.16. The van der Waals surface area contributed by atoms with Gasteiger partial charge in [-0.1, -0.05) is 30.0 Å². The van der Waals surface area contributed by atoms with Crippen LogP contribution in [0.25, 0.3) is 6.08 Å². The molecule has 1 fully saturated rings. The van der Waals surface area contributed by atoms with Crippen LogP contribution in [0.5, 0.6) is 11.5 Å². The summed E-state index contributed by atoms with van der Waals surface area (Å²) in [6.45, 7) is 0. The van der Waals surface area contributed by atoms with E-state index in [9.17, 15) is 14.3 Å². The van der Waals surface area contributed by atoms with Crippen LogP contribution in [0.3, 0.4) is 0 Å². The monoisotopic (exact) mass is 361 g/mol. The Morgan fingerprint density at radius 1 is 1.25 bits per heavy atom. The van der Waals surface area contributed by atoms with Crippen LogP contribution in [0.1, 0.15) is 5.56 Å². The lowest BCUT2D eigenvalue weighted by Gasteiger charge is -2.14. The van der Waals surface area contributed by atoms with Gasteiger partial charge in [-0.15, -0.1) is 0 Å². The molecule has 0 atom stereocenters. The minimum atomic E-state index is -0.381. The Bertz CT molecular complexity index is 849. The van der Waals surface area contributed by atoms with E-state index < -0.39 is 0 Å². The summed E-state index contributed by atoms with van der Waals surface area (Å²) in [6.07, 6.45) is 1.64. The van der Waals surface area contributed by atoms with Crippen molar-refractivity contribution in [2.75, 3.05) is 12.0 Å². The van der Waals surface area contributed by atoms with Gasteiger partial charge in [-0.3, -0.25) is 9.69 Å². The third-order valence-corrected chi connectivity index (χ3v) is 4.68. The Balaban J connectivity index is 1.90. The summed E-state index contributed by atoms with van der Waals surface area (Å²) in [7, 11) is 1.46. The molecule has 1 aliphatic heterocycles. The summed E-state index contributed by atoms with van der Waals surface area (Å²) >= 11 is 6.41. The number of amides is 1. The number of phenolic OH excluding ortho intramolecular Hbond substituents is 1. The van der Waals surface area contributed by atoms with Gasteiger partial charge in [0.25, 0.3) is 5.91 Å². The van der Waals surface area contributed by atoms with Crippen LogP contribution in [-0.2, 0) is 4.79 Å². The maximum absolute atomic E-state index is 13.0. The molecule has 24 heavy (non-hydrogen) atoms. The fourth-order valence-corrected chi connectivity index (χ4v) is 3.53. The van der Waals surface area contributed by atoms with Crippen molar-refractivity contribution in [3.63, 3.8) is 0 Å². The lowest BCUT2D eigenvalue weighted by atomic mass is 10.2. The number of rotatable bonds is 3. The van der Waals surface area contributed by atoms with E-state index in [4.69, 9.17) is 17.0 Å². The number of hydrogen-bond donors (Lipinski definition) is 1. The van der Waals surface area contributed by atoms with Crippen LogP contribution in [0.2, 0.25) is 0 Å². The van der Waals surface area contributed by atoms with Gasteiger partial charge in [-0.2, -0.15) is 0 Å². The number of thioether (sulfide) groups is 1. The van der Waals surface area contributed by atoms with Gasteiger partial charge in [0.2, 0.25) is 0 Å². The van der Waals surface area contributed by atoms with Crippen LogP contribution in [0, 0.1) is 5.82 Å². The zero-order valence-electron chi connectivity index (χ0n) is 12.5. The predicted octanol–water partition coefficient (Wildman–Crippen LogP) is 3.95. The molecule has 2 aromatic rings. The highest BCUT2D eigenvalue weighted by Gasteiger charge is 2.33. The van der Waals surface area contributed by atoms with Crippen molar-refractivity contribution in [1.82, 2.24) is 0 Å². The Kier molecular flexibility index (Phi) is 4.55. The number of benzene rings is 2. The van der Waals surface area contributed by atoms with Crippen molar-refractivity contribution in [3.05, 3.63) is 58.8 Å². The molecule has 1 saturated heterocycles. The number of anilines is 1. The van der Waals surface area contributed by atoms with Crippen LogP contribution in [0.15, 0.2) is 47.4 Å². The third-order valence-electron chi connectivity index (χ3n) is 3.38. The second-order valence-electron chi connectivity index (χ2n) is 4.92. The molecule has 0 aliphatic carbocycles. The first-order valence-corrected chi connectivity index (χ1v) is 8.12. The van der Waals surface area contributed by atoms with Gasteiger partial charge in [-0.05, 0) is 48.0 Å². The molecule has 122 valence electrons. The third kappa shape index (κ3) is 3.13. The maximum Gasteiger partial charge on any atom is 0.270 e. The molecule has 1 N–H and O–H groups in total. The van der Waals surface area contributed by atoms with Crippen LogP contribution in [-0.4, -0.2) is 22.4 Å². The van der Waals surface area contributed by atoms with Gasteiger partial charge in [0, 0.05) is 0 Å². The molecule has 0 radical (unpaired) electrons. The van der Waals surface area contributed by atoms with Gasteiger partial charge in [-0.25, -0.2) is 4.39 Å². The quantitative estimate of drug-likeness (QED) is 0.663. The topological polar surface area (TPSA) is 49.8 Å². The van der Waals surface area contributed by atoms with E-state index in [0.29, 0.717) is 26.2 Å². The number of carbonyl (C=O) groups is 1. The van der Waals surface area contributed by atoms with E-state index in [0.717, 1.165) is 11.8 Å². The Hall–Kier alpha value is -2.38. The molecule has 4 nitrogen and oxygen atoms in total. The number of aromatic hydroxyl groups is 1. The van der Waals surface area contributed by atoms with E-state index in [1.165, 1.54) is 42.3 Å². The number of phenols is 1. The smallest absolute Gasteiger partial charge is 0.270 e. The molecule has 0 bridgehead atoms. The zero-order valence-corrected chi connectivity index (χ0v) is 14.2. The Labute approximate surface area is 147 Å². The van der Waals surface area contributed by atoms with Crippen molar-refractivity contribution in [2.45, 2.75) is 0 Å². The normalized spacial score (nSPS) is 16.1. The first-order valence-electron chi connectivity index (χ1n) is 6.90. The fraction of sp³-hybridized carbons (Fsp3) is 0.0588. The largest absolute Gasteiger partial charge is 0.504 e. The van der Waals surface area contributed by atoms with E-state index in [-0.39, 0.29) is 17.5 Å². The molecule has 0 saturated carbocycles. The predicted molar refractivity (Wildman–Crippen MR) is 96.7 cm³/mol. The van der Waals surface area contributed by atoms with Crippen molar-refractivity contribution < 1.29 is 19.0 Å². The highest BCUT2D eigenvalue weighted by Crippen LogP contribution is 2.37. The zero-order chi connectivity index (χ0) is 17.3. The van der Waals surface area contributed by atoms with Gasteiger partial charge in [0.15, 0.2) is 15.8 Å². The van der Waals surface area contributed by atoms with Crippen LogP contribution >= 0.6 is 24.0 Å². The molecular formula is C17H12FNO3S2. The SMILES string of the molecule is COc1ccc(/C=C2\SC(=S)N(c3ccc(F)cc3)C2=O)cc1O. The van der Waals surface area contributed by atoms with Gasteiger partial charge in [0.1, 0.15) is 5.82 Å². The summed E-state index contributed by atoms with van der Waals surface area (Å²) in [6, 6.07) is 10.4. The Morgan fingerprint density at radius 3 is 2.58 bits per heavy atom. The molecular weight excluding hydrogens is 349 g/mol. The molecule has 1 heterocycles. The fourth-order valence-electron chi connectivity index (χ4n) is 2.23. The van der Waals surface area contributed by atoms with Crippen molar-refractivity contribution in [1.29, 1.82) is 0 Å². The van der Waals surface area contributed by atoms with Gasteiger partial charge in [0.05, 0.1) is 17.7 Å². The lowest BCUT2D eigenvalue weighted by Crippen LogP contribution is -2.27. The van der Waals surface area contributed by atoms with E-state index in [1.54, 1.807) is 18.2 Å². The lowest BCUT2D eigenvalue weighted by molar-refractivity contribution is -0.113. The van der Waals surface area contributed by atoms with Gasteiger partial charge < -0.3 is 9.84 Å². The molecule has 0 spiro atoms. The molecule has 0 aromatic heterocycles. The second kappa shape index (κ2) is 6.62. The summed E-state index contributed by atoms with van der Waals surface area (Å²) in [4.78, 5) is 14.4. The molecule has 0 unspecified atom stereocenters. The standard InChI is InChI=1S/C17H12FNO3S2/c1-22-14-7-2-10(8-13(14)20)9-15-16(21)19(17(23)24-15)12-5-3-11(18)4-6-12/h2-9,20H,1H3/b15-9-. The number of nitrogens with zero attached hydrogens (tertiary/aromatic N) is 1. The van der Waals surface area contributed by atoms with Crippen molar-refractivity contribution in [3.8, 4) is 11.5 Å². The number of halogens is 1. The van der Waals surface area contributed by atoms with E-state index >= 15 is 0 Å². The summed E-state index contributed by atoms with van der Waals surface area (Å²) in [5, 5.41) is 9.82. The first-order chi connectivity index (χ1) is 11.5. The highest BCUT2D eigenvalue weighted by atomic mass is 32.2. The molecule has 3 rings (SSSR count). The van der Waals surface area contributed by atoms with Crippen LogP contribution in [0.4, 0.5) is 10.1 Å². The van der Waals surface area contributed by atoms with E-state index in [1.807, 2.05) is 0 Å². The number of thiocarbonyl (C=S) groups is 1. The minimum Gasteiger partial charge on any atom is -0.504 e. The molecule has 1 amide bonds. The highest BCUT2D eigenvalue weighted by molar-refractivity contribution is 8.27. The molecule has 1 aliphatic rings. The average molecular weight is 361 g/mol. The molecule has 7 heteroatoms. The first kappa shape index (κ1) is 16.5. The van der Waals surface area contributed by atoms with Crippen molar-refractivity contribution in [2.24, 2.45) is 0 Å². The molecule has 2 aromatic carbocycles. The average Bonchev–Trinajstić information content (AvgIpc) is 2.83. The maximum atomic E-state index is 13.0. The number of ether oxygens (including phenoxy) is 1. The van der Waals surface area contributed by atoms with Crippen molar-refractivity contribution >= 4 is 46.0 Å². The minimum absolute atomic E-state index is 0.0136. The number of hydrogen-bond acceptors (Lipinski definition) is 5. The summed E-state index contributed by atoms with van der Waals surface area (Å²) < 4.78 is 18.4. The number of carbonyl (C=O) groups excluding carboxylic acids is 1. The van der Waals surface area contributed by atoms with E-state index in [2.05, 4.69) is 0 Å². The van der Waals surface area contributed by atoms with Crippen LogP contribution < -0.4 is 9.64 Å². The number of methoxy groups -OCH3 is 1. The summed E-state index contributed by atoms with van der Waals surface area (Å²) in [5.74, 6) is -0.327. The second-order valence-corrected chi connectivity index (χ2v) is 6.60.